The first-order valence-electron chi connectivity index (χ1n) is 6.46. The summed E-state index contributed by atoms with van der Waals surface area (Å²) in [7, 11) is 1.62. The number of nitrogens with zero attached hydrogens (tertiary/aromatic N) is 2. The first kappa shape index (κ1) is 16.7. The summed E-state index contributed by atoms with van der Waals surface area (Å²) < 4.78 is 6.48. The molecule has 1 aromatic heterocycles. The first-order valence-corrected chi connectivity index (χ1v) is 8.00. The topological polar surface area (TPSA) is 35.0 Å². The van der Waals surface area contributed by atoms with Gasteiger partial charge in [-0.2, -0.15) is 0 Å². The van der Waals surface area contributed by atoms with Gasteiger partial charge in [0.2, 0.25) is 0 Å². The van der Waals surface area contributed by atoms with Crippen LogP contribution in [0.1, 0.15) is 26.1 Å². The minimum Gasteiger partial charge on any atom is -0.371 e. The van der Waals surface area contributed by atoms with E-state index in [1.807, 2.05) is 38.1 Å². The van der Waals surface area contributed by atoms with Gasteiger partial charge in [-0.05, 0) is 31.0 Å². The number of hydrogen-bond donors (Lipinski definition) is 0. The third-order valence-corrected chi connectivity index (χ3v) is 4.63. The predicted molar refractivity (Wildman–Crippen MR) is 89.8 cm³/mol. The highest BCUT2D eigenvalue weighted by molar-refractivity contribution is 9.10. The summed E-state index contributed by atoms with van der Waals surface area (Å²) >= 11 is 16.0. The number of ether oxygens (including phenoxy) is 1. The highest BCUT2D eigenvalue weighted by Gasteiger charge is 2.29. The number of benzene rings is 1. The molecule has 0 radical (unpaired) electrons. The van der Waals surface area contributed by atoms with Crippen LogP contribution < -0.4 is 0 Å². The molecule has 0 aliphatic carbocycles. The monoisotopic (exact) mass is 388 g/mol. The fraction of sp³-hybridized carbons (Fsp3) is 0.333. The molecule has 6 heteroatoms. The molecule has 2 rings (SSSR count). The van der Waals surface area contributed by atoms with Crippen molar-refractivity contribution < 1.29 is 4.74 Å². The van der Waals surface area contributed by atoms with Gasteiger partial charge >= 0.3 is 0 Å². The highest BCUT2D eigenvalue weighted by atomic mass is 79.9. The lowest BCUT2D eigenvalue weighted by molar-refractivity contribution is -0.00894. The van der Waals surface area contributed by atoms with Gasteiger partial charge < -0.3 is 4.74 Å². The van der Waals surface area contributed by atoms with E-state index in [9.17, 15) is 0 Å². The van der Waals surface area contributed by atoms with Gasteiger partial charge in [0.25, 0.3) is 0 Å². The smallest absolute Gasteiger partial charge is 0.163 e. The molecule has 0 amide bonds. The van der Waals surface area contributed by atoms with Crippen molar-refractivity contribution in [1.82, 2.24) is 9.97 Å². The van der Waals surface area contributed by atoms with E-state index in [2.05, 4.69) is 25.9 Å². The van der Waals surface area contributed by atoms with E-state index in [1.165, 1.54) is 0 Å². The summed E-state index contributed by atoms with van der Waals surface area (Å²) in [5.41, 5.74) is 0.894. The van der Waals surface area contributed by atoms with Gasteiger partial charge in [-0.3, -0.25) is 0 Å². The van der Waals surface area contributed by atoms with Crippen LogP contribution in [-0.4, -0.2) is 17.1 Å². The van der Waals surface area contributed by atoms with E-state index in [1.54, 1.807) is 7.11 Å². The van der Waals surface area contributed by atoms with Gasteiger partial charge in [-0.1, -0.05) is 58.2 Å². The quantitative estimate of drug-likeness (QED) is 0.649. The standard InChI is InChI=1S/C15H15BrCl2N2O/c1-4-15(2,21-3)14-19-12(17)11(13(18)20-14)9-5-7-10(16)8-6-9/h5-8H,4H2,1-3H3. The molecule has 0 aliphatic rings. The van der Waals surface area contributed by atoms with Gasteiger partial charge in [-0.25, -0.2) is 9.97 Å². The van der Waals surface area contributed by atoms with Gasteiger partial charge in [0.05, 0.1) is 5.56 Å². The minimum atomic E-state index is -0.606. The molecule has 2 aromatic rings. The summed E-state index contributed by atoms with van der Waals surface area (Å²) in [4.78, 5) is 8.76. The Kier molecular flexibility index (Phi) is 5.25. The van der Waals surface area contributed by atoms with Crippen LogP contribution in [0.5, 0.6) is 0 Å². The molecule has 0 saturated carbocycles. The van der Waals surface area contributed by atoms with Crippen molar-refractivity contribution in [3.8, 4) is 11.1 Å². The maximum atomic E-state index is 6.33. The summed E-state index contributed by atoms with van der Waals surface area (Å²) in [6, 6.07) is 7.66. The zero-order valence-electron chi connectivity index (χ0n) is 12.0. The zero-order valence-corrected chi connectivity index (χ0v) is 15.1. The second-order valence-electron chi connectivity index (χ2n) is 4.80. The molecule has 3 nitrogen and oxygen atoms in total. The zero-order chi connectivity index (χ0) is 15.6. The summed E-state index contributed by atoms with van der Waals surface area (Å²) in [6.07, 6.45) is 0.716. The maximum absolute atomic E-state index is 6.33. The molecule has 0 aliphatic heterocycles. The van der Waals surface area contributed by atoms with Crippen molar-refractivity contribution in [2.75, 3.05) is 7.11 Å². The van der Waals surface area contributed by atoms with Crippen molar-refractivity contribution in [2.45, 2.75) is 25.9 Å². The van der Waals surface area contributed by atoms with Gasteiger partial charge in [0.15, 0.2) is 5.82 Å². The number of methoxy groups -OCH3 is 1. The largest absolute Gasteiger partial charge is 0.371 e. The molecule has 0 N–H and O–H groups in total. The molecule has 0 bridgehead atoms. The Morgan fingerprint density at radius 1 is 1.14 bits per heavy atom. The number of halogens is 3. The Morgan fingerprint density at radius 3 is 2.10 bits per heavy atom. The summed E-state index contributed by atoms with van der Waals surface area (Å²) in [5.74, 6) is 0.489. The van der Waals surface area contributed by atoms with Crippen LogP contribution in [0.4, 0.5) is 0 Å². The molecule has 1 unspecified atom stereocenters. The first-order chi connectivity index (χ1) is 9.91. The lowest BCUT2D eigenvalue weighted by atomic mass is 10.0. The number of rotatable bonds is 4. The Morgan fingerprint density at radius 2 is 1.67 bits per heavy atom. The third-order valence-electron chi connectivity index (χ3n) is 3.55. The molecular weight excluding hydrogens is 375 g/mol. The molecule has 0 fully saturated rings. The predicted octanol–water partition coefficient (Wildman–Crippen LogP) is 5.48. The molecule has 1 atom stereocenters. The highest BCUT2D eigenvalue weighted by Crippen LogP contribution is 2.36. The van der Waals surface area contributed by atoms with Crippen molar-refractivity contribution in [2.24, 2.45) is 0 Å². The molecular formula is C15H15BrCl2N2O. The van der Waals surface area contributed by atoms with Crippen LogP contribution in [0.3, 0.4) is 0 Å². The van der Waals surface area contributed by atoms with Crippen molar-refractivity contribution in [3.63, 3.8) is 0 Å². The van der Waals surface area contributed by atoms with E-state index in [0.717, 1.165) is 10.0 Å². The maximum Gasteiger partial charge on any atom is 0.163 e. The van der Waals surface area contributed by atoms with Gasteiger partial charge in [-0.15, -0.1) is 0 Å². The average molecular weight is 390 g/mol. The lowest BCUT2D eigenvalue weighted by Gasteiger charge is -2.25. The molecule has 1 heterocycles. The van der Waals surface area contributed by atoms with Crippen LogP contribution in [0.15, 0.2) is 28.7 Å². The Bertz CT molecular complexity index is 620. The van der Waals surface area contributed by atoms with E-state index in [-0.39, 0.29) is 0 Å². The molecule has 0 saturated heterocycles. The Balaban J connectivity index is 2.54. The average Bonchev–Trinajstić information content (AvgIpc) is 2.47. The number of aromatic nitrogens is 2. The fourth-order valence-electron chi connectivity index (χ4n) is 1.89. The fourth-order valence-corrected chi connectivity index (χ4v) is 2.76. The van der Waals surface area contributed by atoms with Crippen LogP contribution in [0, 0.1) is 0 Å². The molecule has 1 aromatic carbocycles. The van der Waals surface area contributed by atoms with E-state index in [0.29, 0.717) is 28.1 Å². The van der Waals surface area contributed by atoms with E-state index >= 15 is 0 Å². The SMILES string of the molecule is CCC(C)(OC)c1nc(Cl)c(-c2ccc(Br)cc2)c(Cl)n1. The van der Waals surface area contributed by atoms with E-state index < -0.39 is 5.60 Å². The van der Waals surface area contributed by atoms with Crippen LogP contribution in [-0.2, 0) is 10.3 Å². The van der Waals surface area contributed by atoms with Crippen LogP contribution >= 0.6 is 39.1 Å². The second-order valence-corrected chi connectivity index (χ2v) is 6.43. The second kappa shape index (κ2) is 6.61. The Labute approximate surface area is 142 Å². The minimum absolute atomic E-state index is 0.323. The summed E-state index contributed by atoms with van der Waals surface area (Å²) in [6.45, 7) is 3.91. The third kappa shape index (κ3) is 3.39. The lowest BCUT2D eigenvalue weighted by Crippen LogP contribution is -2.26. The van der Waals surface area contributed by atoms with Crippen molar-refractivity contribution in [1.29, 1.82) is 0 Å². The normalized spacial score (nSPS) is 14.0. The molecule has 0 spiro atoms. The Hall–Kier alpha value is -0.680. The van der Waals surface area contributed by atoms with Crippen molar-refractivity contribution >= 4 is 39.1 Å². The van der Waals surface area contributed by atoms with Gasteiger partial charge in [0.1, 0.15) is 15.9 Å². The summed E-state index contributed by atoms with van der Waals surface area (Å²) in [5, 5.41) is 0.646. The van der Waals surface area contributed by atoms with Crippen molar-refractivity contribution in [3.05, 3.63) is 44.9 Å². The van der Waals surface area contributed by atoms with Crippen LogP contribution in [0.25, 0.3) is 11.1 Å². The van der Waals surface area contributed by atoms with Crippen LogP contribution in [0.2, 0.25) is 10.3 Å². The molecule has 112 valence electrons. The molecule has 21 heavy (non-hydrogen) atoms. The number of hydrogen-bond acceptors (Lipinski definition) is 3. The van der Waals surface area contributed by atoms with Gasteiger partial charge in [0, 0.05) is 11.6 Å². The van der Waals surface area contributed by atoms with E-state index in [4.69, 9.17) is 27.9 Å².